The second-order valence-electron chi connectivity index (χ2n) is 11.6. The Balaban J connectivity index is 1.82. The van der Waals surface area contributed by atoms with E-state index in [1.807, 2.05) is 45.9 Å². The first kappa shape index (κ1) is 27.7. The topological polar surface area (TPSA) is 109 Å². The van der Waals surface area contributed by atoms with Gasteiger partial charge in [0, 0.05) is 45.8 Å². The number of ether oxygens (including phenoxy) is 1. The normalized spacial score (nSPS) is 22.4. The van der Waals surface area contributed by atoms with Crippen molar-refractivity contribution in [3.05, 3.63) is 75.6 Å². The summed E-state index contributed by atoms with van der Waals surface area (Å²) in [6, 6.07) is 5.81. The Hall–Kier alpha value is -3.84. The highest BCUT2D eigenvalue weighted by Crippen LogP contribution is 2.45. The molecule has 40 heavy (non-hydrogen) atoms. The van der Waals surface area contributed by atoms with Gasteiger partial charge in [0.1, 0.15) is 11.4 Å². The number of Topliss-reactive ketones (excluding diaryl/α,β-unsaturated/α-hetero) is 1. The van der Waals surface area contributed by atoms with Crippen LogP contribution in [0.15, 0.2) is 69.3 Å². The van der Waals surface area contributed by atoms with E-state index < -0.39 is 11.5 Å². The third-order valence-electron chi connectivity index (χ3n) is 8.47. The largest absolute Gasteiger partial charge is 0.497 e. The second-order valence-corrected chi connectivity index (χ2v) is 11.6. The van der Waals surface area contributed by atoms with E-state index in [1.165, 1.54) is 12.2 Å². The molecule has 0 fully saturated rings. The molecule has 208 valence electrons. The van der Waals surface area contributed by atoms with Gasteiger partial charge in [-0.1, -0.05) is 27.7 Å². The van der Waals surface area contributed by atoms with Gasteiger partial charge >= 0.3 is 0 Å². The number of aromatic nitrogens is 1. The monoisotopic (exact) mass is 540 g/mol. The maximum absolute atomic E-state index is 14.2. The molecule has 0 radical (unpaired) electrons. The summed E-state index contributed by atoms with van der Waals surface area (Å²) in [5, 5.41) is 13.7. The molecule has 2 N–H and O–H groups in total. The summed E-state index contributed by atoms with van der Waals surface area (Å²) in [5.41, 5.74) is 3.12. The standard InChI is InChI=1S/C33H36N2O5/c1-16(2)23-14-26(36)19(6)28(32(23)38)29(33(39)15-24(17(3)4)27(37)12-18(33)5)31-30-22(10-11-34-31)21-9-8-20(40-7)13-25(21)35-30/h8-9,12-17,29,35,39H,10-11H2,1-7H3. The average Bonchev–Trinajstić information content (AvgIpc) is 3.28. The van der Waals surface area contributed by atoms with Crippen molar-refractivity contribution in [2.75, 3.05) is 13.7 Å². The minimum atomic E-state index is -1.76. The number of benzene rings is 1. The van der Waals surface area contributed by atoms with Gasteiger partial charge in [-0.2, -0.15) is 0 Å². The number of carbonyl (C=O) groups is 3. The Morgan fingerprint density at radius 3 is 2.35 bits per heavy atom. The van der Waals surface area contributed by atoms with E-state index in [4.69, 9.17) is 9.73 Å². The van der Waals surface area contributed by atoms with Gasteiger partial charge in [0.15, 0.2) is 17.3 Å². The smallest absolute Gasteiger partial charge is 0.186 e. The number of rotatable bonds is 6. The molecule has 2 aromatic rings. The molecular weight excluding hydrogens is 504 g/mol. The van der Waals surface area contributed by atoms with Crippen LogP contribution in [0, 0.1) is 17.8 Å². The van der Waals surface area contributed by atoms with E-state index in [1.54, 1.807) is 27.0 Å². The fourth-order valence-electron chi connectivity index (χ4n) is 6.14. The summed E-state index contributed by atoms with van der Waals surface area (Å²) in [4.78, 5) is 48.8. The number of nitrogens with zero attached hydrogens (tertiary/aromatic N) is 1. The van der Waals surface area contributed by atoms with Crippen molar-refractivity contribution in [1.29, 1.82) is 0 Å². The first-order valence-electron chi connectivity index (χ1n) is 13.8. The van der Waals surface area contributed by atoms with Crippen LogP contribution in [-0.4, -0.2) is 52.4 Å². The van der Waals surface area contributed by atoms with Gasteiger partial charge in [0.25, 0.3) is 0 Å². The molecule has 1 aromatic heterocycles. The number of methoxy groups -OCH3 is 1. The molecule has 1 aromatic carbocycles. The van der Waals surface area contributed by atoms with Gasteiger partial charge in [-0.25, -0.2) is 0 Å². The number of ketones is 3. The summed E-state index contributed by atoms with van der Waals surface area (Å²) in [7, 11) is 1.61. The van der Waals surface area contributed by atoms with Gasteiger partial charge in [-0.15, -0.1) is 0 Å². The molecule has 7 nitrogen and oxygen atoms in total. The van der Waals surface area contributed by atoms with E-state index in [9.17, 15) is 19.5 Å². The van der Waals surface area contributed by atoms with Crippen LogP contribution in [0.1, 0.15) is 52.8 Å². The lowest BCUT2D eigenvalue weighted by Crippen LogP contribution is -2.49. The molecule has 7 heteroatoms. The van der Waals surface area contributed by atoms with E-state index in [-0.39, 0.29) is 40.3 Å². The lowest BCUT2D eigenvalue weighted by Gasteiger charge is -2.41. The lowest BCUT2D eigenvalue weighted by atomic mass is 9.65. The van der Waals surface area contributed by atoms with Crippen LogP contribution in [0.3, 0.4) is 0 Å². The molecule has 2 atom stereocenters. The van der Waals surface area contributed by atoms with Crippen LogP contribution in [0.4, 0.5) is 0 Å². The molecule has 2 unspecified atom stereocenters. The molecule has 0 bridgehead atoms. The molecule has 2 aliphatic carbocycles. The van der Waals surface area contributed by atoms with Gasteiger partial charge < -0.3 is 14.8 Å². The maximum atomic E-state index is 14.2. The fourth-order valence-corrected chi connectivity index (χ4v) is 6.14. The minimum absolute atomic E-state index is 0.154. The number of H-pyrrole nitrogens is 1. The number of allylic oxidation sites excluding steroid dienone is 5. The zero-order valence-electron chi connectivity index (χ0n) is 24.1. The number of nitrogens with one attached hydrogen (secondary N) is 1. The quantitative estimate of drug-likeness (QED) is 0.500. The Labute approximate surface area is 234 Å². The first-order valence-corrected chi connectivity index (χ1v) is 13.8. The molecule has 2 heterocycles. The van der Waals surface area contributed by atoms with Gasteiger partial charge in [0.2, 0.25) is 0 Å². The van der Waals surface area contributed by atoms with E-state index in [0.717, 1.165) is 22.2 Å². The predicted octanol–water partition coefficient (Wildman–Crippen LogP) is 5.03. The number of fused-ring (bicyclic) bond motifs is 3. The second kappa shape index (κ2) is 9.97. The summed E-state index contributed by atoms with van der Waals surface area (Å²) in [6.45, 7) is 11.3. The van der Waals surface area contributed by atoms with Crippen LogP contribution in [-0.2, 0) is 20.8 Å². The molecule has 0 amide bonds. The number of hydrogen-bond donors (Lipinski definition) is 2. The number of carbonyl (C=O) groups excluding carboxylic acids is 3. The molecular formula is C33H36N2O5. The third kappa shape index (κ3) is 4.24. The van der Waals surface area contributed by atoms with Crippen molar-refractivity contribution >= 4 is 34.0 Å². The lowest BCUT2D eigenvalue weighted by molar-refractivity contribution is -0.116. The van der Waals surface area contributed by atoms with Gasteiger partial charge in [-0.05, 0) is 73.6 Å². The molecule has 0 saturated carbocycles. The number of aliphatic imine (C=N–C) groups is 1. The number of aliphatic hydroxyl groups is 1. The number of aromatic amines is 1. The SMILES string of the molecule is COc1ccc2c3c([nH]c2c1)C(C(C1=C(C)C(=O)C=C(C(C)C)C1=O)C1(O)C=C(C(C)C)C(=O)C=C1C)=NCC3. The first-order chi connectivity index (χ1) is 18.9. The van der Waals surface area contributed by atoms with Crippen molar-refractivity contribution in [3.63, 3.8) is 0 Å². The van der Waals surface area contributed by atoms with Crippen LogP contribution in [0.5, 0.6) is 5.75 Å². The van der Waals surface area contributed by atoms with Gasteiger partial charge in [-0.3, -0.25) is 19.4 Å². The summed E-state index contributed by atoms with van der Waals surface area (Å²) < 4.78 is 5.43. The van der Waals surface area contributed by atoms with Crippen LogP contribution in [0.25, 0.3) is 10.9 Å². The highest BCUT2D eigenvalue weighted by molar-refractivity contribution is 6.26. The van der Waals surface area contributed by atoms with Crippen molar-refractivity contribution in [2.45, 2.75) is 53.6 Å². The van der Waals surface area contributed by atoms with E-state index in [0.29, 0.717) is 41.1 Å². The van der Waals surface area contributed by atoms with Crippen LogP contribution < -0.4 is 4.74 Å². The Morgan fingerprint density at radius 1 is 1.00 bits per heavy atom. The molecule has 3 aliphatic rings. The molecule has 5 rings (SSSR count). The maximum Gasteiger partial charge on any atom is 0.186 e. The van der Waals surface area contributed by atoms with Crippen molar-refractivity contribution in [3.8, 4) is 5.75 Å². The van der Waals surface area contributed by atoms with Crippen molar-refractivity contribution in [1.82, 2.24) is 4.98 Å². The minimum Gasteiger partial charge on any atom is -0.497 e. The molecule has 1 aliphatic heterocycles. The summed E-state index contributed by atoms with van der Waals surface area (Å²) in [5.74, 6) is -1.36. The average molecular weight is 541 g/mol. The Morgan fingerprint density at radius 2 is 1.70 bits per heavy atom. The summed E-state index contributed by atoms with van der Waals surface area (Å²) in [6.07, 6.45) is 5.14. The predicted molar refractivity (Wildman–Crippen MR) is 156 cm³/mol. The third-order valence-corrected chi connectivity index (χ3v) is 8.47. The molecule has 0 spiro atoms. The van der Waals surface area contributed by atoms with Crippen molar-refractivity contribution < 1.29 is 24.2 Å². The zero-order valence-corrected chi connectivity index (χ0v) is 24.1. The van der Waals surface area contributed by atoms with Gasteiger partial charge in [0.05, 0.1) is 24.4 Å². The van der Waals surface area contributed by atoms with Crippen molar-refractivity contribution in [2.24, 2.45) is 22.7 Å². The highest BCUT2D eigenvalue weighted by atomic mass is 16.5. The molecule has 0 saturated heterocycles. The van der Waals surface area contributed by atoms with Crippen LogP contribution in [0.2, 0.25) is 0 Å². The Kier molecular flexibility index (Phi) is 6.91. The number of hydrogen-bond acceptors (Lipinski definition) is 6. The van der Waals surface area contributed by atoms with E-state index >= 15 is 0 Å². The van der Waals surface area contributed by atoms with Crippen LogP contribution >= 0.6 is 0 Å². The van der Waals surface area contributed by atoms with E-state index in [2.05, 4.69) is 4.98 Å². The zero-order chi connectivity index (χ0) is 29.1. The Bertz CT molecular complexity index is 1620. The summed E-state index contributed by atoms with van der Waals surface area (Å²) >= 11 is 0. The fraction of sp³-hybridized carbons (Fsp3) is 0.394. The highest BCUT2D eigenvalue weighted by Gasteiger charge is 2.50.